The summed E-state index contributed by atoms with van der Waals surface area (Å²) in [6.07, 6.45) is -3.16. The Morgan fingerprint density at radius 2 is 1.95 bits per heavy atom. The van der Waals surface area contributed by atoms with Crippen LogP contribution in [-0.4, -0.2) is 20.9 Å². The number of halogens is 4. The first-order valence-electron chi connectivity index (χ1n) is 6.25. The molecular formula is C14H9ClF3N3O. The fraction of sp³-hybridized carbons (Fsp3) is 0.143. The molecule has 0 bridgehead atoms. The van der Waals surface area contributed by atoms with Crippen LogP contribution in [-0.2, 0) is 6.54 Å². The van der Waals surface area contributed by atoms with E-state index < -0.39 is 18.3 Å². The third-order valence-electron chi connectivity index (χ3n) is 3.19. The molecule has 2 aromatic heterocycles. The van der Waals surface area contributed by atoms with Crippen LogP contribution in [0.3, 0.4) is 0 Å². The van der Waals surface area contributed by atoms with Gasteiger partial charge in [0.05, 0.1) is 6.20 Å². The van der Waals surface area contributed by atoms with Crippen LogP contribution in [0.15, 0.2) is 41.3 Å². The molecule has 0 radical (unpaired) electrons. The minimum absolute atomic E-state index is 0.0260. The molecule has 4 nitrogen and oxygen atoms in total. The Kier molecular flexibility index (Phi) is 3.44. The number of fused-ring (bicyclic) bond motifs is 1. The number of nitrogens with one attached hydrogen (secondary N) is 1. The normalized spacial score (nSPS) is 12.0. The summed E-state index contributed by atoms with van der Waals surface area (Å²) >= 11 is 6.05. The highest BCUT2D eigenvalue weighted by atomic mass is 35.5. The average molecular weight is 328 g/mol. The highest BCUT2D eigenvalue weighted by Crippen LogP contribution is 2.28. The Morgan fingerprint density at radius 3 is 2.64 bits per heavy atom. The number of pyridine rings is 1. The lowest BCUT2D eigenvalue weighted by molar-refractivity contribution is -0.140. The van der Waals surface area contributed by atoms with E-state index in [9.17, 15) is 18.0 Å². The topological polar surface area (TPSA) is 50.7 Å². The molecular weight excluding hydrogens is 319 g/mol. The van der Waals surface area contributed by atoms with Gasteiger partial charge >= 0.3 is 6.18 Å². The van der Waals surface area contributed by atoms with Gasteiger partial charge in [-0.3, -0.25) is 14.5 Å². The first-order chi connectivity index (χ1) is 10.4. The molecule has 0 spiro atoms. The Bertz CT molecular complexity index is 898. The molecule has 0 amide bonds. The molecule has 1 aromatic carbocycles. The predicted molar refractivity (Wildman–Crippen MR) is 76.9 cm³/mol. The van der Waals surface area contributed by atoms with Crippen molar-refractivity contribution in [2.24, 2.45) is 0 Å². The Hall–Kier alpha value is -2.28. The quantitative estimate of drug-likeness (QED) is 0.781. The Labute approximate surface area is 127 Å². The van der Waals surface area contributed by atoms with Crippen LogP contribution in [0, 0.1) is 0 Å². The second kappa shape index (κ2) is 5.17. The van der Waals surface area contributed by atoms with Gasteiger partial charge < -0.3 is 0 Å². The summed E-state index contributed by atoms with van der Waals surface area (Å²) in [4.78, 5) is 12.5. The van der Waals surface area contributed by atoms with Crippen LogP contribution in [0.4, 0.5) is 13.2 Å². The molecule has 0 aliphatic carbocycles. The van der Waals surface area contributed by atoms with E-state index in [2.05, 4.69) is 10.2 Å². The van der Waals surface area contributed by atoms with E-state index >= 15 is 0 Å². The lowest BCUT2D eigenvalue weighted by Crippen LogP contribution is -2.29. The van der Waals surface area contributed by atoms with Crippen molar-refractivity contribution in [3.63, 3.8) is 0 Å². The highest BCUT2D eigenvalue weighted by Gasteiger charge is 2.30. The van der Waals surface area contributed by atoms with Gasteiger partial charge in [-0.15, -0.1) is 0 Å². The Balaban J connectivity index is 2.31. The number of aromatic amines is 1. The van der Waals surface area contributed by atoms with Gasteiger partial charge in [0.15, 0.2) is 0 Å². The summed E-state index contributed by atoms with van der Waals surface area (Å²) in [7, 11) is 0. The van der Waals surface area contributed by atoms with Crippen molar-refractivity contribution in [3.8, 4) is 11.1 Å². The molecule has 22 heavy (non-hydrogen) atoms. The van der Waals surface area contributed by atoms with Gasteiger partial charge in [0.1, 0.15) is 12.2 Å². The number of aromatic nitrogens is 3. The smallest absolute Gasteiger partial charge is 0.283 e. The summed E-state index contributed by atoms with van der Waals surface area (Å²) in [5.74, 6) is 0. The SMILES string of the molecule is O=c1c(-c2ccccc2Cl)cc2cn[nH]c2n1CC(F)(F)F. The average Bonchev–Trinajstić information content (AvgIpc) is 2.89. The second-order valence-corrected chi connectivity index (χ2v) is 5.13. The standard InChI is InChI=1S/C14H9ClF3N3O/c15-11-4-2-1-3-9(11)10-5-8-6-19-20-12(8)21(13(10)22)7-14(16,17)18/h1-6H,7H2,(H,19,20). The molecule has 3 aromatic rings. The number of rotatable bonds is 2. The van der Waals surface area contributed by atoms with Crippen LogP contribution in [0.2, 0.25) is 5.02 Å². The first kappa shape index (κ1) is 14.6. The molecule has 0 aliphatic rings. The molecule has 2 heterocycles. The minimum Gasteiger partial charge on any atom is -0.283 e. The zero-order chi connectivity index (χ0) is 15.9. The number of hydrogen-bond acceptors (Lipinski definition) is 2. The van der Waals surface area contributed by atoms with E-state index in [1.54, 1.807) is 24.3 Å². The zero-order valence-electron chi connectivity index (χ0n) is 11.0. The van der Waals surface area contributed by atoms with Gasteiger partial charge in [-0.1, -0.05) is 29.8 Å². The lowest BCUT2D eigenvalue weighted by Gasteiger charge is -2.13. The van der Waals surface area contributed by atoms with Crippen molar-refractivity contribution in [1.29, 1.82) is 0 Å². The van der Waals surface area contributed by atoms with Gasteiger partial charge in [0, 0.05) is 21.5 Å². The zero-order valence-corrected chi connectivity index (χ0v) is 11.7. The maximum Gasteiger partial charge on any atom is 0.406 e. The van der Waals surface area contributed by atoms with Crippen molar-refractivity contribution in [1.82, 2.24) is 14.8 Å². The van der Waals surface area contributed by atoms with Crippen LogP contribution in [0.5, 0.6) is 0 Å². The largest absolute Gasteiger partial charge is 0.406 e. The summed E-state index contributed by atoms with van der Waals surface area (Å²) in [6.45, 7) is -1.40. The fourth-order valence-electron chi connectivity index (χ4n) is 2.28. The van der Waals surface area contributed by atoms with Gasteiger partial charge in [-0.2, -0.15) is 18.3 Å². The lowest BCUT2D eigenvalue weighted by atomic mass is 10.1. The van der Waals surface area contributed by atoms with Gasteiger partial charge in [0.2, 0.25) is 0 Å². The molecule has 0 atom stereocenters. The molecule has 3 rings (SSSR count). The van der Waals surface area contributed by atoms with Crippen molar-refractivity contribution >= 4 is 22.6 Å². The minimum atomic E-state index is -4.53. The fourth-order valence-corrected chi connectivity index (χ4v) is 2.51. The molecule has 0 unspecified atom stereocenters. The molecule has 0 aliphatic heterocycles. The van der Waals surface area contributed by atoms with E-state index in [-0.39, 0.29) is 11.2 Å². The van der Waals surface area contributed by atoms with E-state index in [1.165, 1.54) is 12.3 Å². The maximum atomic E-state index is 12.7. The predicted octanol–water partition coefficient (Wildman–Crippen LogP) is 3.61. The van der Waals surface area contributed by atoms with Gasteiger partial charge in [-0.05, 0) is 12.1 Å². The van der Waals surface area contributed by atoms with Gasteiger partial charge in [0.25, 0.3) is 5.56 Å². The van der Waals surface area contributed by atoms with E-state index in [4.69, 9.17) is 11.6 Å². The van der Waals surface area contributed by atoms with E-state index in [0.717, 1.165) is 0 Å². The van der Waals surface area contributed by atoms with E-state index in [0.29, 0.717) is 20.5 Å². The number of nitrogens with zero attached hydrogens (tertiary/aromatic N) is 2. The molecule has 1 N–H and O–H groups in total. The summed E-state index contributed by atoms with van der Waals surface area (Å²) < 4.78 is 38.9. The van der Waals surface area contributed by atoms with Crippen LogP contribution in [0.1, 0.15) is 0 Å². The van der Waals surface area contributed by atoms with Crippen molar-refractivity contribution in [2.75, 3.05) is 0 Å². The van der Waals surface area contributed by atoms with Crippen LogP contribution < -0.4 is 5.56 Å². The second-order valence-electron chi connectivity index (χ2n) is 4.72. The number of hydrogen-bond donors (Lipinski definition) is 1. The number of H-pyrrole nitrogens is 1. The molecule has 0 fully saturated rings. The van der Waals surface area contributed by atoms with Crippen molar-refractivity contribution < 1.29 is 13.2 Å². The molecule has 114 valence electrons. The first-order valence-corrected chi connectivity index (χ1v) is 6.63. The highest BCUT2D eigenvalue weighted by molar-refractivity contribution is 6.33. The third kappa shape index (κ3) is 2.59. The monoisotopic (exact) mass is 327 g/mol. The summed E-state index contributed by atoms with van der Waals surface area (Å²) in [5.41, 5.74) is -0.266. The third-order valence-corrected chi connectivity index (χ3v) is 3.52. The van der Waals surface area contributed by atoms with Crippen LogP contribution in [0.25, 0.3) is 22.2 Å². The molecule has 8 heteroatoms. The van der Waals surface area contributed by atoms with Gasteiger partial charge in [-0.25, -0.2) is 0 Å². The Morgan fingerprint density at radius 1 is 1.23 bits per heavy atom. The summed E-state index contributed by atoms with van der Waals surface area (Å²) in [5, 5.41) is 6.82. The molecule has 0 saturated heterocycles. The number of benzene rings is 1. The van der Waals surface area contributed by atoms with Crippen LogP contribution >= 0.6 is 11.6 Å². The molecule has 0 saturated carbocycles. The van der Waals surface area contributed by atoms with E-state index in [1.807, 2.05) is 0 Å². The van der Waals surface area contributed by atoms with Crippen molar-refractivity contribution in [2.45, 2.75) is 12.7 Å². The van der Waals surface area contributed by atoms with Crippen molar-refractivity contribution in [3.05, 3.63) is 51.9 Å². The number of alkyl halides is 3. The maximum absolute atomic E-state index is 12.7. The summed E-state index contributed by atoms with van der Waals surface area (Å²) in [6, 6.07) is 7.98.